The summed E-state index contributed by atoms with van der Waals surface area (Å²) in [6.07, 6.45) is 1.50. The fraction of sp³-hybridized carbons (Fsp3) is 0.300. The van der Waals surface area contributed by atoms with Crippen molar-refractivity contribution in [2.75, 3.05) is 11.4 Å². The third-order valence-electron chi connectivity index (χ3n) is 4.34. The van der Waals surface area contributed by atoms with E-state index >= 15 is 0 Å². The van der Waals surface area contributed by atoms with E-state index in [0.29, 0.717) is 24.6 Å². The van der Waals surface area contributed by atoms with E-state index in [1.165, 1.54) is 16.3 Å². The van der Waals surface area contributed by atoms with Crippen LogP contribution in [0.1, 0.15) is 31.2 Å². The summed E-state index contributed by atoms with van der Waals surface area (Å²) in [4.78, 5) is 11.0. The number of anilines is 1. The molecule has 148 valence electrons. The van der Waals surface area contributed by atoms with Gasteiger partial charge in [0.1, 0.15) is 5.84 Å². The van der Waals surface area contributed by atoms with Gasteiger partial charge in [0.25, 0.3) is 0 Å². The molecule has 0 fully saturated rings. The van der Waals surface area contributed by atoms with Gasteiger partial charge in [-0.15, -0.1) is 12.3 Å². The zero-order valence-corrected chi connectivity index (χ0v) is 16.6. The lowest BCUT2D eigenvalue weighted by Gasteiger charge is -2.20. The fourth-order valence-corrected chi connectivity index (χ4v) is 3.63. The maximum atomic E-state index is 10.6. The van der Waals surface area contributed by atoms with Gasteiger partial charge >= 0.3 is 12.1 Å². The molecule has 0 spiro atoms. The summed E-state index contributed by atoms with van der Waals surface area (Å²) in [5.74, 6) is 0.903. The van der Waals surface area contributed by atoms with Gasteiger partial charge in [-0.25, -0.2) is 4.79 Å². The molecule has 8 heteroatoms. The summed E-state index contributed by atoms with van der Waals surface area (Å²) in [6.45, 7) is 3.10. The highest BCUT2D eigenvalue weighted by Crippen LogP contribution is 2.42. The molecule has 0 amide bonds. The molecule has 0 bridgehead atoms. The predicted octanol–water partition coefficient (Wildman–Crippen LogP) is 5.55. The van der Waals surface area contributed by atoms with E-state index in [4.69, 9.17) is 21.7 Å². The quantitative estimate of drug-likeness (QED) is 0.355. The number of carboxylic acids is 1. The molecule has 1 atom stereocenters. The lowest BCUT2D eigenvalue weighted by Crippen LogP contribution is -2.28. The normalized spacial score (nSPS) is 15.4. The number of rotatable bonds is 2. The average molecular weight is 455 g/mol. The first-order valence-electron chi connectivity index (χ1n) is 8.37. The molecule has 2 N–H and O–H groups in total. The van der Waals surface area contributed by atoms with Crippen molar-refractivity contribution in [2.45, 2.75) is 31.9 Å². The molecule has 0 saturated carbocycles. The predicted molar refractivity (Wildman–Crippen MR) is 107 cm³/mol. The molecule has 0 aromatic heterocycles. The van der Waals surface area contributed by atoms with Crippen LogP contribution in [-0.2, 0) is 4.79 Å². The van der Waals surface area contributed by atoms with Crippen LogP contribution in [0.15, 0.2) is 34.8 Å². The van der Waals surface area contributed by atoms with Gasteiger partial charge in [-0.2, -0.15) is 13.2 Å². The van der Waals surface area contributed by atoms with Crippen LogP contribution >= 0.6 is 15.9 Å². The maximum Gasteiger partial charge on any atom is 0.490 e. The van der Waals surface area contributed by atoms with Gasteiger partial charge in [0.15, 0.2) is 0 Å². The zero-order valence-electron chi connectivity index (χ0n) is 15.0. The topological polar surface area (TPSA) is 64.4 Å². The monoisotopic (exact) mass is 454 g/mol. The molecule has 2 aromatic carbocycles. The Bertz CT molecular complexity index is 951. The van der Waals surface area contributed by atoms with Crippen LogP contribution in [0, 0.1) is 17.8 Å². The van der Waals surface area contributed by atoms with Crippen molar-refractivity contribution >= 4 is 44.2 Å². The summed E-state index contributed by atoms with van der Waals surface area (Å²) in [7, 11) is 0. The smallest absolute Gasteiger partial charge is 0.475 e. The van der Waals surface area contributed by atoms with Crippen LogP contribution in [0.3, 0.4) is 0 Å². The SMILES string of the molecule is C#CCCC(=N)N1CC(C)c2c1ccc1c(Br)cccc21.O=C(O)C(F)(F)F. The Morgan fingerprint density at radius 2 is 2.00 bits per heavy atom. The van der Waals surface area contributed by atoms with Crippen LogP contribution in [0.4, 0.5) is 18.9 Å². The summed E-state index contributed by atoms with van der Waals surface area (Å²) in [6, 6.07) is 10.6. The van der Waals surface area contributed by atoms with Crippen molar-refractivity contribution in [2.24, 2.45) is 0 Å². The number of hydrogen-bond donors (Lipinski definition) is 2. The van der Waals surface area contributed by atoms with Crippen LogP contribution in [0.2, 0.25) is 0 Å². The van der Waals surface area contributed by atoms with Gasteiger partial charge in [0, 0.05) is 35.5 Å². The number of amidine groups is 1. The molecule has 0 radical (unpaired) electrons. The Kier molecular flexibility index (Phi) is 6.73. The Morgan fingerprint density at radius 3 is 2.57 bits per heavy atom. The Balaban J connectivity index is 0.000000345. The van der Waals surface area contributed by atoms with Crippen LogP contribution in [0.5, 0.6) is 0 Å². The van der Waals surface area contributed by atoms with E-state index in [9.17, 15) is 13.2 Å². The maximum absolute atomic E-state index is 10.6. The number of benzene rings is 2. The molecule has 1 heterocycles. The first-order valence-corrected chi connectivity index (χ1v) is 9.16. The van der Waals surface area contributed by atoms with Crippen molar-refractivity contribution in [3.63, 3.8) is 0 Å². The van der Waals surface area contributed by atoms with Crippen molar-refractivity contribution < 1.29 is 23.1 Å². The fourth-order valence-electron chi connectivity index (χ4n) is 3.13. The molecule has 28 heavy (non-hydrogen) atoms. The van der Waals surface area contributed by atoms with Gasteiger partial charge in [0.2, 0.25) is 0 Å². The van der Waals surface area contributed by atoms with E-state index < -0.39 is 12.1 Å². The van der Waals surface area contributed by atoms with Gasteiger partial charge in [-0.05, 0) is 28.5 Å². The van der Waals surface area contributed by atoms with Crippen LogP contribution < -0.4 is 4.90 Å². The van der Waals surface area contributed by atoms with E-state index in [2.05, 4.69) is 64.0 Å². The minimum Gasteiger partial charge on any atom is -0.475 e. The summed E-state index contributed by atoms with van der Waals surface area (Å²) < 4.78 is 32.9. The number of fused-ring (bicyclic) bond motifs is 3. The highest BCUT2D eigenvalue weighted by Gasteiger charge is 2.38. The Labute approximate surface area is 169 Å². The standard InChI is InChI=1S/C18H17BrN2.C2HF3O2/c1-3-4-8-17(20)21-11-12(2)18-14-6-5-7-15(19)13(14)9-10-16(18)21;3-2(4,5)1(6)7/h1,5-7,9-10,12,20H,4,8,11H2,2H3;(H,6,7). The third-order valence-corrected chi connectivity index (χ3v) is 5.03. The number of nitrogens with one attached hydrogen (secondary N) is 1. The number of alkyl halides is 3. The highest BCUT2D eigenvalue weighted by atomic mass is 79.9. The van der Waals surface area contributed by atoms with Gasteiger partial charge in [0.05, 0.1) is 0 Å². The van der Waals surface area contributed by atoms with E-state index in [0.717, 1.165) is 16.7 Å². The number of aliphatic carboxylic acids is 1. The molecule has 4 nitrogen and oxygen atoms in total. The second-order valence-corrected chi connectivity index (χ2v) is 7.15. The van der Waals surface area contributed by atoms with E-state index in [1.807, 2.05) is 0 Å². The van der Waals surface area contributed by atoms with Crippen molar-refractivity contribution in [1.82, 2.24) is 0 Å². The molecule has 1 aliphatic heterocycles. The summed E-state index contributed by atoms with van der Waals surface area (Å²) in [5, 5.41) is 17.9. The van der Waals surface area contributed by atoms with Crippen molar-refractivity contribution in [1.29, 1.82) is 5.41 Å². The number of halogens is 4. The highest BCUT2D eigenvalue weighted by molar-refractivity contribution is 9.10. The van der Waals surface area contributed by atoms with Crippen molar-refractivity contribution in [3.8, 4) is 12.3 Å². The summed E-state index contributed by atoms with van der Waals surface area (Å²) in [5.41, 5.74) is 2.51. The van der Waals surface area contributed by atoms with E-state index in [-0.39, 0.29) is 0 Å². The second-order valence-electron chi connectivity index (χ2n) is 6.30. The van der Waals surface area contributed by atoms with Gasteiger partial charge < -0.3 is 10.0 Å². The molecular formula is C20H18BrF3N2O2. The largest absolute Gasteiger partial charge is 0.490 e. The van der Waals surface area contributed by atoms with Gasteiger partial charge in [-0.3, -0.25) is 5.41 Å². The summed E-state index contributed by atoms with van der Waals surface area (Å²) >= 11 is 3.63. The molecule has 0 aliphatic carbocycles. The van der Waals surface area contributed by atoms with E-state index in [1.54, 1.807) is 0 Å². The molecule has 2 aromatic rings. The molecule has 0 saturated heterocycles. The molecule has 1 unspecified atom stereocenters. The lowest BCUT2D eigenvalue weighted by molar-refractivity contribution is -0.192. The van der Waals surface area contributed by atoms with Crippen LogP contribution in [-0.4, -0.2) is 29.6 Å². The van der Waals surface area contributed by atoms with Crippen molar-refractivity contribution in [3.05, 3.63) is 40.4 Å². The molecule has 3 rings (SSSR count). The Morgan fingerprint density at radius 1 is 1.36 bits per heavy atom. The molecular weight excluding hydrogens is 437 g/mol. The van der Waals surface area contributed by atoms with Crippen LogP contribution in [0.25, 0.3) is 10.8 Å². The minimum absolute atomic E-state index is 0.421. The number of nitrogens with zero attached hydrogens (tertiary/aromatic N) is 1. The zero-order chi connectivity index (χ0) is 21.1. The third kappa shape index (κ3) is 4.65. The van der Waals surface area contributed by atoms with Gasteiger partial charge in [-0.1, -0.05) is 41.1 Å². The average Bonchev–Trinajstić information content (AvgIpc) is 2.97. The number of carbonyl (C=O) groups is 1. The minimum atomic E-state index is -5.08. The lowest BCUT2D eigenvalue weighted by atomic mass is 9.96. The second kappa shape index (κ2) is 8.65. The first-order chi connectivity index (χ1) is 13.1. The Hall–Kier alpha value is -2.53. The molecule has 1 aliphatic rings. The number of terminal acetylenes is 1. The number of carboxylic acid groups (broad SMARTS) is 1. The number of hydrogen-bond acceptors (Lipinski definition) is 2. The first kappa shape index (κ1) is 21.8.